The summed E-state index contributed by atoms with van der Waals surface area (Å²) in [7, 11) is 0. The van der Waals surface area contributed by atoms with Crippen molar-refractivity contribution in [1.29, 1.82) is 0 Å². The van der Waals surface area contributed by atoms with Crippen LogP contribution in [0.25, 0.3) is 34.2 Å². The van der Waals surface area contributed by atoms with Crippen LogP contribution in [0.3, 0.4) is 0 Å². The average Bonchev–Trinajstić information content (AvgIpc) is 3.09. The number of aryl methyl sites for hydroxylation is 4. The van der Waals surface area contributed by atoms with Gasteiger partial charge in [0.1, 0.15) is 24.2 Å². The highest BCUT2D eigenvalue weighted by atomic mass is 16.5. The molecule has 0 aliphatic carbocycles. The van der Waals surface area contributed by atoms with Crippen LogP contribution >= 0.6 is 0 Å². The van der Waals surface area contributed by atoms with Crippen molar-refractivity contribution < 1.29 is 19.7 Å². The van der Waals surface area contributed by atoms with Gasteiger partial charge in [-0.3, -0.25) is 0 Å². The molecule has 0 aliphatic heterocycles. The molecule has 0 saturated heterocycles. The van der Waals surface area contributed by atoms with Gasteiger partial charge in [-0.1, -0.05) is 131 Å². The van der Waals surface area contributed by atoms with Crippen molar-refractivity contribution in [2.75, 3.05) is 19.8 Å². The number of rotatable bonds is 22. The number of aliphatic hydroxyl groups is 1. The van der Waals surface area contributed by atoms with Crippen molar-refractivity contribution in [2.45, 2.75) is 124 Å². The highest BCUT2D eigenvalue weighted by molar-refractivity contribution is 5.72. The molecule has 0 fully saturated rings. The molecule has 3 aromatic carbocycles. The lowest BCUT2D eigenvalue weighted by atomic mass is 10.0. The third kappa shape index (κ3) is 12.5. The van der Waals surface area contributed by atoms with Gasteiger partial charge in [-0.2, -0.15) is 0 Å². The quantitative estimate of drug-likeness (QED) is 0.0797. The fourth-order valence-electron chi connectivity index (χ4n) is 6.34. The number of aliphatic hydroxyl groups excluding tert-OH is 1. The SMILES string of the molecule is CCCCCCCCCCCCCCCOCC(O)COc1ccc(-c2nc(-c3ccc(C)cc3C)nc(-c3ccc(C)cc3C)n2)c(O)c1. The first-order valence-electron chi connectivity index (χ1n) is 18.9. The van der Waals surface area contributed by atoms with E-state index < -0.39 is 6.10 Å². The molecule has 7 nitrogen and oxygen atoms in total. The minimum atomic E-state index is -0.761. The summed E-state index contributed by atoms with van der Waals surface area (Å²) in [6, 6.07) is 17.4. The Labute approximate surface area is 300 Å². The summed E-state index contributed by atoms with van der Waals surface area (Å²) in [5, 5.41) is 21.5. The molecule has 0 bridgehead atoms. The number of benzene rings is 3. The van der Waals surface area contributed by atoms with Crippen molar-refractivity contribution in [3.63, 3.8) is 0 Å². The molecule has 1 unspecified atom stereocenters. The van der Waals surface area contributed by atoms with Crippen molar-refractivity contribution in [1.82, 2.24) is 15.0 Å². The molecule has 7 heteroatoms. The van der Waals surface area contributed by atoms with Gasteiger partial charge >= 0.3 is 0 Å². The maximum absolute atomic E-state index is 11.1. The number of hydrogen-bond donors (Lipinski definition) is 2. The zero-order chi connectivity index (χ0) is 35.7. The monoisotopic (exact) mass is 681 g/mol. The van der Waals surface area contributed by atoms with E-state index in [1.54, 1.807) is 12.1 Å². The van der Waals surface area contributed by atoms with Gasteiger partial charge in [-0.05, 0) is 57.4 Å². The van der Waals surface area contributed by atoms with E-state index in [-0.39, 0.29) is 19.0 Å². The summed E-state index contributed by atoms with van der Waals surface area (Å²) >= 11 is 0. The van der Waals surface area contributed by atoms with Gasteiger partial charge in [0, 0.05) is 23.8 Å². The summed E-state index contributed by atoms with van der Waals surface area (Å²) in [5.74, 6) is 1.89. The second-order valence-electron chi connectivity index (χ2n) is 13.9. The Kier molecular flexibility index (Phi) is 16.2. The summed E-state index contributed by atoms with van der Waals surface area (Å²) in [4.78, 5) is 14.5. The van der Waals surface area contributed by atoms with Crippen LogP contribution in [0.1, 0.15) is 113 Å². The molecule has 4 rings (SSSR count). The van der Waals surface area contributed by atoms with Gasteiger partial charge in [0.2, 0.25) is 0 Å². The average molecular weight is 682 g/mol. The largest absolute Gasteiger partial charge is 0.507 e. The van der Waals surface area contributed by atoms with Crippen LogP contribution in [0.2, 0.25) is 0 Å². The Morgan fingerprint density at radius 2 is 1.02 bits per heavy atom. The van der Waals surface area contributed by atoms with E-state index in [1.807, 2.05) is 38.1 Å². The third-order valence-corrected chi connectivity index (χ3v) is 9.24. The lowest BCUT2D eigenvalue weighted by molar-refractivity contribution is 0.0109. The fraction of sp³-hybridized carbons (Fsp3) is 0.512. The molecule has 0 radical (unpaired) electrons. The lowest BCUT2D eigenvalue weighted by Crippen LogP contribution is -2.23. The smallest absolute Gasteiger partial charge is 0.167 e. The number of aromatic hydroxyl groups is 1. The van der Waals surface area contributed by atoms with Gasteiger partial charge in [-0.15, -0.1) is 0 Å². The first-order chi connectivity index (χ1) is 24.2. The topological polar surface area (TPSA) is 97.6 Å². The number of phenols is 1. The molecule has 270 valence electrons. The van der Waals surface area contributed by atoms with Crippen molar-refractivity contribution in [2.24, 2.45) is 0 Å². The molecule has 0 amide bonds. The van der Waals surface area contributed by atoms with E-state index >= 15 is 0 Å². The molecule has 4 aromatic rings. The zero-order valence-corrected chi connectivity index (χ0v) is 31.1. The Bertz CT molecular complexity index is 1550. The van der Waals surface area contributed by atoms with Gasteiger partial charge in [-0.25, -0.2) is 15.0 Å². The van der Waals surface area contributed by atoms with Crippen LogP contribution in [0.5, 0.6) is 11.5 Å². The first-order valence-corrected chi connectivity index (χ1v) is 18.9. The maximum Gasteiger partial charge on any atom is 0.167 e. The Morgan fingerprint density at radius 1 is 0.560 bits per heavy atom. The lowest BCUT2D eigenvalue weighted by Gasteiger charge is -2.14. The highest BCUT2D eigenvalue weighted by Gasteiger charge is 2.18. The minimum absolute atomic E-state index is 0.0139. The molecule has 1 heterocycles. The second kappa shape index (κ2) is 20.8. The standard InChI is InChI=1S/C43H59N3O4/c1-6-7-8-9-10-11-12-13-14-15-16-17-18-25-49-29-35(47)30-50-36-21-24-39(40(48)28-36)43-45-41(37-22-19-31(2)26-33(37)4)44-42(46-43)38-23-20-32(3)27-34(38)5/h19-24,26-28,35,47-48H,6-18,25,29-30H2,1-5H3. The molecule has 0 spiro atoms. The maximum atomic E-state index is 11.1. The van der Waals surface area contributed by atoms with Gasteiger partial charge in [0.15, 0.2) is 17.5 Å². The molecular weight excluding hydrogens is 622 g/mol. The molecule has 1 aromatic heterocycles. The summed E-state index contributed by atoms with van der Waals surface area (Å²) in [6.45, 7) is 11.4. The normalized spacial score (nSPS) is 12.0. The van der Waals surface area contributed by atoms with Crippen LogP contribution in [0.4, 0.5) is 0 Å². The van der Waals surface area contributed by atoms with Crippen LogP contribution < -0.4 is 4.74 Å². The molecule has 0 saturated carbocycles. The van der Waals surface area contributed by atoms with Crippen LogP contribution in [-0.2, 0) is 4.74 Å². The van der Waals surface area contributed by atoms with E-state index in [4.69, 9.17) is 24.4 Å². The Hall–Kier alpha value is -3.81. The van der Waals surface area contributed by atoms with Crippen LogP contribution in [0.15, 0.2) is 54.6 Å². The molecule has 1 atom stereocenters. The number of phenolic OH excluding ortho intramolecular Hbond substituents is 1. The van der Waals surface area contributed by atoms with E-state index in [2.05, 4.69) is 32.9 Å². The summed E-state index contributed by atoms with van der Waals surface area (Å²) < 4.78 is 11.5. The summed E-state index contributed by atoms with van der Waals surface area (Å²) in [6.07, 6.45) is 16.3. The third-order valence-electron chi connectivity index (χ3n) is 9.24. The Balaban J connectivity index is 1.26. The van der Waals surface area contributed by atoms with Crippen LogP contribution in [-0.4, -0.2) is 51.1 Å². The van der Waals surface area contributed by atoms with E-state index in [1.165, 1.54) is 76.7 Å². The van der Waals surface area contributed by atoms with Gasteiger partial charge < -0.3 is 19.7 Å². The van der Waals surface area contributed by atoms with Crippen molar-refractivity contribution >= 4 is 0 Å². The predicted molar refractivity (Wildman–Crippen MR) is 205 cm³/mol. The summed E-state index contributed by atoms with van der Waals surface area (Å²) in [5.41, 5.74) is 6.75. The van der Waals surface area contributed by atoms with Gasteiger partial charge in [0.05, 0.1) is 12.2 Å². The van der Waals surface area contributed by atoms with Crippen molar-refractivity contribution in [3.8, 4) is 45.7 Å². The van der Waals surface area contributed by atoms with E-state index in [0.717, 1.165) is 46.2 Å². The van der Waals surface area contributed by atoms with E-state index in [9.17, 15) is 10.2 Å². The molecular formula is C43H59N3O4. The number of ether oxygens (including phenoxy) is 2. The number of nitrogens with zero attached hydrogens (tertiary/aromatic N) is 3. The van der Waals surface area contributed by atoms with E-state index in [0.29, 0.717) is 35.4 Å². The Morgan fingerprint density at radius 3 is 1.50 bits per heavy atom. The van der Waals surface area contributed by atoms with Crippen LogP contribution in [0, 0.1) is 27.7 Å². The molecule has 0 aliphatic rings. The number of unbranched alkanes of at least 4 members (excludes halogenated alkanes) is 12. The molecule has 50 heavy (non-hydrogen) atoms. The number of hydrogen-bond acceptors (Lipinski definition) is 7. The predicted octanol–water partition coefficient (Wildman–Crippen LogP) is 10.7. The fourth-order valence-corrected chi connectivity index (χ4v) is 6.34. The minimum Gasteiger partial charge on any atom is -0.507 e. The number of aromatic nitrogens is 3. The second-order valence-corrected chi connectivity index (χ2v) is 13.9. The highest BCUT2D eigenvalue weighted by Crippen LogP contribution is 2.34. The van der Waals surface area contributed by atoms with Crippen molar-refractivity contribution in [3.05, 3.63) is 76.9 Å². The zero-order valence-electron chi connectivity index (χ0n) is 31.1. The molecule has 2 N–H and O–H groups in total. The first kappa shape index (κ1) is 39.0. The van der Waals surface area contributed by atoms with Gasteiger partial charge in [0.25, 0.3) is 0 Å².